The molecule has 100 valence electrons. The van der Waals surface area contributed by atoms with Crippen molar-refractivity contribution in [3.63, 3.8) is 0 Å². The molecule has 1 fully saturated rings. The summed E-state index contributed by atoms with van der Waals surface area (Å²) in [5.74, 6) is 1.38. The highest BCUT2D eigenvalue weighted by atomic mass is 15.0. The molecule has 18 heavy (non-hydrogen) atoms. The summed E-state index contributed by atoms with van der Waals surface area (Å²) < 4.78 is 0. The summed E-state index contributed by atoms with van der Waals surface area (Å²) in [6, 6.07) is 9.24. The standard InChI is InChI=1S/C17H27N/c1-13(2)11-15-7-5-8-16(12-15)17(14(3)4)9-6-10-18-17/h5,7-8,12-14,18H,6,9-11H2,1-4H3. The Labute approximate surface area is 112 Å². The maximum Gasteiger partial charge on any atom is 0.0458 e. The minimum atomic E-state index is 0.215. The largest absolute Gasteiger partial charge is 0.307 e. The van der Waals surface area contributed by atoms with Gasteiger partial charge in [-0.3, -0.25) is 0 Å². The molecule has 0 bridgehead atoms. The predicted octanol–water partition coefficient (Wildman–Crippen LogP) is 4.12. The Balaban J connectivity index is 2.31. The van der Waals surface area contributed by atoms with E-state index < -0.39 is 0 Å². The van der Waals surface area contributed by atoms with E-state index >= 15 is 0 Å². The molecule has 0 aromatic heterocycles. The van der Waals surface area contributed by atoms with E-state index in [9.17, 15) is 0 Å². The zero-order chi connectivity index (χ0) is 13.2. The van der Waals surface area contributed by atoms with Crippen LogP contribution < -0.4 is 5.32 Å². The highest BCUT2D eigenvalue weighted by molar-refractivity contribution is 5.31. The van der Waals surface area contributed by atoms with Gasteiger partial charge in [0.2, 0.25) is 0 Å². The number of hydrogen-bond acceptors (Lipinski definition) is 1. The average molecular weight is 245 g/mol. The van der Waals surface area contributed by atoms with Crippen molar-refractivity contribution in [3.8, 4) is 0 Å². The molecule has 1 atom stereocenters. The Morgan fingerprint density at radius 1 is 1.22 bits per heavy atom. The first-order valence-electron chi connectivity index (χ1n) is 7.39. The van der Waals surface area contributed by atoms with Crippen LogP contribution in [0.5, 0.6) is 0 Å². The molecule has 2 rings (SSSR count). The molecule has 0 amide bonds. The molecule has 1 aromatic rings. The van der Waals surface area contributed by atoms with Crippen LogP contribution in [-0.4, -0.2) is 6.54 Å². The van der Waals surface area contributed by atoms with Gasteiger partial charge in [0, 0.05) is 5.54 Å². The third kappa shape index (κ3) is 2.61. The fourth-order valence-electron chi connectivity index (χ4n) is 3.29. The molecular formula is C17H27N. The van der Waals surface area contributed by atoms with Crippen molar-refractivity contribution in [3.05, 3.63) is 35.4 Å². The molecule has 1 nitrogen and oxygen atoms in total. The van der Waals surface area contributed by atoms with Crippen LogP contribution in [0.2, 0.25) is 0 Å². The van der Waals surface area contributed by atoms with Gasteiger partial charge < -0.3 is 5.32 Å². The van der Waals surface area contributed by atoms with Crippen molar-refractivity contribution in [2.75, 3.05) is 6.54 Å². The van der Waals surface area contributed by atoms with Gasteiger partial charge >= 0.3 is 0 Å². The zero-order valence-electron chi connectivity index (χ0n) is 12.3. The van der Waals surface area contributed by atoms with E-state index in [2.05, 4.69) is 57.3 Å². The number of nitrogens with one attached hydrogen (secondary N) is 1. The fourth-order valence-corrected chi connectivity index (χ4v) is 3.29. The molecule has 1 unspecified atom stereocenters. The van der Waals surface area contributed by atoms with E-state index in [0.29, 0.717) is 5.92 Å². The first-order valence-corrected chi connectivity index (χ1v) is 7.39. The van der Waals surface area contributed by atoms with Gasteiger partial charge in [0.25, 0.3) is 0 Å². The van der Waals surface area contributed by atoms with Gasteiger partial charge in [0.1, 0.15) is 0 Å². The van der Waals surface area contributed by atoms with Gasteiger partial charge in [-0.15, -0.1) is 0 Å². The predicted molar refractivity (Wildman–Crippen MR) is 78.7 cm³/mol. The van der Waals surface area contributed by atoms with Crippen LogP contribution in [0.4, 0.5) is 0 Å². The number of benzene rings is 1. The second kappa shape index (κ2) is 5.44. The summed E-state index contributed by atoms with van der Waals surface area (Å²) in [7, 11) is 0. The Bertz CT molecular complexity index is 386. The molecule has 1 saturated heterocycles. The lowest BCUT2D eigenvalue weighted by Crippen LogP contribution is -2.41. The summed E-state index contributed by atoms with van der Waals surface area (Å²) in [6.07, 6.45) is 3.75. The molecule has 1 N–H and O–H groups in total. The van der Waals surface area contributed by atoms with Crippen molar-refractivity contribution < 1.29 is 0 Å². The topological polar surface area (TPSA) is 12.0 Å². The Kier molecular flexibility index (Phi) is 4.11. The van der Waals surface area contributed by atoms with Crippen molar-refractivity contribution in [2.24, 2.45) is 11.8 Å². The molecule has 0 aliphatic carbocycles. The van der Waals surface area contributed by atoms with E-state index in [0.717, 1.165) is 12.5 Å². The third-order valence-corrected chi connectivity index (χ3v) is 4.26. The van der Waals surface area contributed by atoms with E-state index in [-0.39, 0.29) is 5.54 Å². The van der Waals surface area contributed by atoms with E-state index in [1.807, 2.05) is 0 Å². The van der Waals surface area contributed by atoms with Crippen LogP contribution in [-0.2, 0) is 12.0 Å². The van der Waals surface area contributed by atoms with Crippen LogP contribution >= 0.6 is 0 Å². The number of rotatable bonds is 4. The summed E-state index contributed by atoms with van der Waals surface area (Å²) in [5.41, 5.74) is 3.19. The summed E-state index contributed by atoms with van der Waals surface area (Å²) in [5, 5.41) is 3.77. The molecule has 1 aromatic carbocycles. The molecule has 0 spiro atoms. The van der Waals surface area contributed by atoms with Gasteiger partial charge in [-0.1, -0.05) is 52.0 Å². The highest BCUT2D eigenvalue weighted by Gasteiger charge is 2.38. The van der Waals surface area contributed by atoms with Gasteiger partial charge in [0.05, 0.1) is 0 Å². The van der Waals surface area contributed by atoms with E-state index in [1.165, 1.54) is 30.4 Å². The monoisotopic (exact) mass is 245 g/mol. The Morgan fingerprint density at radius 2 is 2.00 bits per heavy atom. The first kappa shape index (κ1) is 13.6. The third-order valence-electron chi connectivity index (χ3n) is 4.26. The first-order chi connectivity index (χ1) is 8.54. The molecule has 0 saturated carbocycles. The quantitative estimate of drug-likeness (QED) is 0.841. The summed E-state index contributed by atoms with van der Waals surface area (Å²) >= 11 is 0. The van der Waals surface area contributed by atoms with Crippen molar-refractivity contribution in [1.29, 1.82) is 0 Å². The van der Waals surface area contributed by atoms with Crippen LogP contribution in [0.3, 0.4) is 0 Å². The van der Waals surface area contributed by atoms with Gasteiger partial charge in [-0.2, -0.15) is 0 Å². The minimum Gasteiger partial charge on any atom is -0.307 e. The SMILES string of the molecule is CC(C)Cc1cccc(C2(C(C)C)CCCN2)c1. The minimum absolute atomic E-state index is 0.215. The van der Waals surface area contributed by atoms with Crippen LogP contribution in [0.15, 0.2) is 24.3 Å². The molecule has 1 aliphatic rings. The summed E-state index contributed by atoms with van der Waals surface area (Å²) in [4.78, 5) is 0. The van der Waals surface area contributed by atoms with Crippen LogP contribution in [0.25, 0.3) is 0 Å². The lowest BCUT2D eigenvalue weighted by molar-refractivity contribution is 0.277. The maximum absolute atomic E-state index is 3.77. The lowest BCUT2D eigenvalue weighted by Gasteiger charge is -2.35. The Morgan fingerprint density at radius 3 is 2.56 bits per heavy atom. The van der Waals surface area contributed by atoms with Crippen LogP contribution in [0.1, 0.15) is 51.7 Å². The molecule has 1 heteroatoms. The second-order valence-electron chi connectivity index (χ2n) is 6.45. The molecule has 1 heterocycles. The normalized spacial score (nSPS) is 24.1. The number of hydrogen-bond donors (Lipinski definition) is 1. The average Bonchev–Trinajstić information content (AvgIpc) is 2.78. The van der Waals surface area contributed by atoms with Gasteiger partial charge in [-0.25, -0.2) is 0 Å². The zero-order valence-corrected chi connectivity index (χ0v) is 12.3. The van der Waals surface area contributed by atoms with Gasteiger partial charge in [0.15, 0.2) is 0 Å². The summed E-state index contributed by atoms with van der Waals surface area (Å²) in [6.45, 7) is 10.4. The second-order valence-corrected chi connectivity index (χ2v) is 6.45. The smallest absolute Gasteiger partial charge is 0.0458 e. The lowest BCUT2D eigenvalue weighted by atomic mass is 9.78. The molecule has 0 radical (unpaired) electrons. The molecular weight excluding hydrogens is 218 g/mol. The highest BCUT2D eigenvalue weighted by Crippen LogP contribution is 2.38. The fraction of sp³-hybridized carbons (Fsp3) is 0.647. The van der Waals surface area contributed by atoms with Crippen LogP contribution in [0, 0.1) is 11.8 Å². The van der Waals surface area contributed by atoms with E-state index in [4.69, 9.17) is 0 Å². The molecule has 1 aliphatic heterocycles. The van der Waals surface area contributed by atoms with Gasteiger partial charge in [-0.05, 0) is 48.8 Å². The van der Waals surface area contributed by atoms with Crippen molar-refractivity contribution >= 4 is 0 Å². The Hall–Kier alpha value is -0.820. The maximum atomic E-state index is 3.77. The van der Waals surface area contributed by atoms with E-state index in [1.54, 1.807) is 0 Å². The van der Waals surface area contributed by atoms with Crippen molar-refractivity contribution in [1.82, 2.24) is 5.32 Å². The van der Waals surface area contributed by atoms with Crippen molar-refractivity contribution in [2.45, 2.75) is 52.5 Å².